The first-order chi connectivity index (χ1) is 9.92. The third kappa shape index (κ3) is 2.59. The van der Waals surface area contributed by atoms with Crippen molar-refractivity contribution in [2.75, 3.05) is 12.9 Å². The number of ether oxygens (including phenoxy) is 1. The molecular formula is C14H13NO5S. The number of carboxylic acid groups (broad SMARTS) is 1. The number of nitrogens with zero attached hydrogens (tertiary/aromatic N) is 1. The molecule has 2 rings (SSSR count). The second kappa shape index (κ2) is 5.53. The fourth-order valence-corrected chi connectivity index (χ4v) is 3.51. The molecule has 1 heterocycles. The van der Waals surface area contributed by atoms with Gasteiger partial charge in [0.25, 0.3) is 0 Å². The molecule has 1 aromatic carbocycles. The number of pyridine rings is 1. The second-order valence-corrected chi connectivity index (χ2v) is 6.20. The van der Waals surface area contributed by atoms with Crippen molar-refractivity contribution in [2.45, 2.75) is 4.90 Å². The number of para-hydroxylation sites is 1. The molecule has 0 unspecified atom stereocenters. The van der Waals surface area contributed by atoms with Gasteiger partial charge in [-0.2, -0.15) is 0 Å². The monoisotopic (exact) mass is 307 g/mol. The van der Waals surface area contributed by atoms with Crippen molar-refractivity contribution in [2.24, 2.45) is 0 Å². The standard InChI is InChI=1S/C14H13NO5S/c1-3-7-21(18,19)13-9-5-4-6-11(20-2)12(9)15-8-10(13)14(16)17/h3-6,8H,1,7H2,2H3,(H,16,17). The Labute approximate surface area is 121 Å². The van der Waals surface area contributed by atoms with Crippen LogP contribution in [-0.2, 0) is 9.84 Å². The Morgan fingerprint density at radius 3 is 2.76 bits per heavy atom. The van der Waals surface area contributed by atoms with Crippen LogP contribution in [0.5, 0.6) is 5.75 Å². The number of sulfone groups is 1. The summed E-state index contributed by atoms with van der Waals surface area (Å²) in [4.78, 5) is 15.1. The van der Waals surface area contributed by atoms with Crippen molar-refractivity contribution in [3.05, 3.63) is 42.6 Å². The van der Waals surface area contributed by atoms with E-state index in [0.29, 0.717) is 11.3 Å². The summed E-state index contributed by atoms with van der Waals surface area (Å²) in [6, 6.07) is 4.72. The number of methoxy groups -OCH3 is 1. The molecule has 0 aliphatic rings. The van der Waals surface area contributed by atoms with Crippen molar-refractivity contribution >= 4 is 26.7 Å². The number of rotatable bonds is 5. The average molecular weight is 307 g/mol. The summed E-state index contributed by atoms with van der Waals surface area (Å²) in [5, 5.41) is 9.44. The van der Waals surface area contributed by atoms with Crippen LogP contribution < -0.4 is 4.74 Å². The summed E-state index contributed by atoms with van der Waals surface area (Å²) < 4.78 is 29.9. The molecule has 1 N–H and O–H groups in total. The largest absolute Gasteiger partial charge is 0.494 e. The maximum absolute atomic E-state index is 12.4. The van der Waals surface area contributed by atoms with Gasteiger partial charge in [-0.05, 0) is 6.07 Å². The molecule has 0 saturated heterocycles. The van der Waals surface area contributed by atoms with Crippen LogP contribution in [-0.4, -0.2) is 37.3 Å². The van der Waals surface area contributed by atoms with Crippen LogP contribution in [0.3, 0.4) is 0 Å². The summed E-state index contributed by atoms with van der Waals surface area (Å²) in [6.45, 7) is 3.39. The number of hydrogen-bond donors (Lipinski definition) is 1. The first-order valence-corrected chi connectivity index (χ1v) is 7.60. The molecule has 0 atom stereocenters. The highest BCUT2D eigenvalue weighted by molar-refractivity contribution is 7.91. The van der Waals surface area contributed by atoms with Crippen LogP contribution >= 0.6 is 0 Å². The molecule has 0 amide bonds. The van der Waals surface area contributed by atoms with Gasteiger partial charge in [0.1, 0.15) is 11.3 Å². The number of aromatic carboxylic acids is 1. The minimum absolute atomic E-state index is 0.219. The van der Waals surface area contributed by atoms with Gasteiger partial charge in [0.05, 0.1) is 23.3 Å². The molecule has 0 bridgehead atoms. The zero-order chi connectivity index (χ0) is 15.6. The highest BCUT2D eigenvalue weighted by atomic mass is 32.2. The molecule has 0 saturated carbocycles. The molecule has 21 heavy (non-hydrogen) atoms. The molecule has 1 aromatic heterocycles. The van der Waals surface area contributed by atoms with Gasteiger partial charge in [-0.15, -0.1) is 6.58 Å². The van der Waals surface area contributed by atoms with Crippen LogP contribution in [0.2, 0.25) is 0 Å². The van der Waals surface area contributed by atoms with Crippen molar-refractivity contribution in [3.8, 4) is 5.75 Å². The fourth-order valence-electron chi connectivity index (χ4n) is 2.06. The van der Waals surface area contributed by atoms with Crippen molar-refractivity contribution in [3.63, 3.8) is 0 Å². The predicted octanol–water partition coefficient (Wildman–Crippen LogP) is 1.90. The van der Waals surface area contributed by atoms with Gasteiger partial charge in [-0.25, -0.2) is 13.2 Å². The fraction of sp³-hybridized carbons (Fsp3) is 0.143. The quantitative estimate of drug-likeness (QED) is 0.848. The summed E-state index contributed by atoms with van der Waals surface area (Å²) in [5.74, 6) is -1.33. The van der Waals surface area contributed by atoms with E-state index in [-0.39, 0.29) is 21.6 Å². The number of aromatic nitrogens is 1. The van der Waals surface area contributed by atoms with E-state index >= 15 is 0 Å². The topological polar surface area (TPSA) is 93.6 Å². The van der Waals surface area contributed by atoms with E-state index in [1.165, 1.54) is 19.3 Å². The normalized spacial score (nSPS) is 11.3. The van der Waals surface area contributed by atoms with Gasteiger partial charge >= 0.3 is 5.97 Å². The molecule has 0 aliphatic carbocycles. The SMILES string of the molecule is C=CCS(=O)(=O)c1c(C(=O)O)cnc2c(OC)cccc12. The summed E-state index contributed by atoms with van der Waals surface area (Å²) >= 11 is 0. The minimum Gasteiger partial charge on any atom is -0.494 e. The van der Waals surface area contributed by atoms with Gasteiger partial charge in [0.15, 0.2) is 9.84 Å². The van der Waals surface area contributed by atoms with E-state index in [0.717, 1.165) is 6.20 Å². The second-order valence-electron chi connectivity index (χ2n) is 4.23. The highest BCUT2D eigenvalue weighted by Gasteiger charge is 2.25. The smallest absolute Gasteiger partial charge is 0.338 e. The number of benzene rings is 1. The van der Waals surface area contributed by atoms with Crippen molar-refractivity contribution < 1.29 is 23.1 Å². The first kappa shape index (κ1) is 15.0. The lowest BCUT2D eigenvalue weighted by atomic mass is 10.1. The van der Waals surface area contributed by atoms with Crippen LogP contribution in [0.15, 0.2) is 41.9 Å². The Hall–Kier alpha value is -2.41. The Balaban J connectivity index is 2.96. The van der Waals surface area contributed by atoms with Gasteiger partial charge in [-0.3, -0.25) is 4.98 Å². The summed E-state index contributed by atoms with van der Waals surface area (Å²) in [6.07, 6.45) is 2.25. The number of fused-ring (bicyclic) bond motifs is 1. The lowest BCUT2D eigenvalue weighted by molar-refractivity contribution is 0.0692. The Morgan fingerprint density at radius 1 is 1.48 bits per heavy atom. The van der Waals surface area contributed by atoms with E-state index in [2.05, 4.69) is 11.6 Å². The molecule has 0 spiro atoms. The number of carboxylic acids is 1. The van der Waals surface area contributed by atoms with E-state index in [1.807, 2.05) is 0 Å². The van der Waals surface area contributed by atoms with E-state index < -0.39 is 15.8 Å². The molecule has 0 radical (unpaired) electrons. The summed E-state index contributed by atoms with van der Waals surface area (Å²) in [7, 11) is -2.40. The maximum atomic E-state index is 12.4. The van der Waals surface area contributed by atoms with Crippen LogP contribution in [0, 0.1) is 0 Å². The Bertz CT molecular complexity index is 827. The van der Waals surface area contributed by atoms with Crippen molar-refractivity contribution in [1.29, 1.82) is 0 Å². The average Bonchev–Trinajstić information content (AvgIpc) is 2.44. The van der Waals surface area contributed by atoms with Crippen LogP contribution in [0.4, 0.5) is 0 Å². The molecule has 6 nitrogen and oxygen atoms in total. The molecule has 0 aliphatic heterocycles. The number of hydrogen-bond acceptors (Lipinski definition) is 5. The molecule has 110 valence electrons. The summed E-state index contributed by atoms with van der Waals surface area (Å²) in [5.41, 5.74) is -0.0646. The first-order valence-electron chi connectivity index (χ1n) is 5.95. The highest BCUT2D eigenvalue weighted by Crippen LogP contribution is 2.31. The third-order valence-electron chi connectivity index (χ3n) is 2.91. The van der Waals surface area contributed by atoms with Crippen LogP contribution in [0.1, 0.15) is 10.4 Å². The zero-order valence-corrected chi connectivity index (χ0v) is 12.1. The molecule has 2 aromatic rings. The van der Waals surface area contributed by atoms with Gasteiger partial charge < -0.3 is 9.84 Å². The van der Waals surface area contributed by atoms with Gasteiger partial charge in [0, 0.05) is 11.6 Å². The lowest BCUT2D eigenvalue weighted by Crippen LogP contribution is -2.13. The molecule has 0 fully saturated rings. The Kier molecular flexibility index (Phi) is 3.95. The number of carbonyl (C=O) groups is 1. The van der Waals surface area contributed by atoms with Crippen LogP contribution in [0.25, 0.3) is 10.9 Å². The predicted molar refractivity (Wildman–Crippen MR) is 77.5 cm³/mol. The van der Waals surface area contributed by atoms with Crippen molar-refractivity contribution in [1.82, 2.24) is 4.98 Å². The van der Waals surface area contributed by atoms with E-state index in [1.54, 1.807) is 12.1 Å². The lowest BCUT2D eigenvalue weighted by Gasteiger charge is -2.11. The maximum Gasteiger partial charge on any atom is 0.338 e. The van der Waals surface area contributed by atoms with Gasteiger partial charge in [-0.1, -0.05) is 18.2 Å². The molecular weight excluding hydrogens is 294 g/mol. The van der Waals surface area contributed by atoms with Gasteiger partial charge in [0.2, 0.25) is 0 Å². The Morgan fingerprint density at radius 2 is 2.19 bits per heavy atom. The molecule has 7 heteroatoms. The van der Waals surface area contributed by atoms with E-state index in [9.17, 15) is 18.3 Å². The van der Waals surface area contributed by atoms with E-state index in [4.69, 9.17) is 4.74 Å². The minimum atomic E-state index is -3.83. The third-order valence-corrected chi connectivity index (χ3v) is 4.65. The zero-order valence-electron chi connectivity index (χ0n) is 11.2.